The molecule has 0 saturated heterocycles. The van der Waals surface area contributed by atoms with Crippen LogP contribution in [0.5, 0.6) is 0 Å². The minimum absolute atomic E-state index is 0.0383. The molecule has 0 aromatic carbocycles. The van der Waals surface area contributed by atoms with Crippen molar-refractivity contribution in [3.8, 4) is 0 Å². The number of hydrogen-bond acceptors (Lipinski definition) is 5. The predicted octanol–water partition coefficient (Wildman–Crippen LogP) is 16.4. The molecule has 0 rings (SSSR count). The standard InChI is InChI=1S/C55H90O5/c1-4-7-10-13-16-19-22-25-28-30-33-36-39-42-45-48-54(56)59-52-53(51-58-50-47-44-41-38-35-32-27-24-21-18-15-12-9-6-3)60-55(57)49-46-43-40-37-34-31-29-26-23-20-17-14-11-8-5-2/h7-8,10-11,16-17,19-21,24-26,28-29,33-34,36-37,53H,4-6,9,12-15,18,22-23,27,30-32,35,38-52H2,1-3H3/b10-7-,11-8-,19-16-,20-17-,24-21-,28-25-,29-26-,36-33-,37-34-. The Morgan fingerprint density at radius 1 is 0.383 bits per heavy atom. The van der Waals surface area contributed by atoms with Crippen molar-refractivity contribution in [2.24, 2.45) is 0 Å². The normalized spacial score (nSPS) is 13.2. The molecule has 0 aliphatic carbocycles. The van der Waals surface area contributed by atoms with E-state index in [2.05, 4.69) is 130 Å². The van der Waals surface area contributed by atoms with Crippen molar-refractivity contribution in [2.75, 3.05) is 19.8 Å². The SMILES string of the molecule is CC/C=C\C/C=C\C/C=C\C/C=C\CCCCC(=O)OCC(COCCCCCCCC/C=C\CCCCCC)OC(=O)CCCC/C=C\C/C=C\C/C=C\C/C=C\CC. The number of hydrogen-bond donors (Lipinski definition) is 0. The van der Waals surface area contributed by atoms with Crippen molar-refractivity contribution in [2.45, 2.75) is 207 Å². The molecule has 0 fully saturated rings. The van der Waals surface area contributed by atoms with Crippen LogP contribution in [0.4, 0.5) is 0 Å². The van der Waals surface area contributed by atoms with Crippen LogP contribution in [-0.4, -0.2) is 37.9 Å². The Morgan fingerprint density at radius 2 is 0.750 bits per heavy atom. The summed E-state index contributed by atoms with van der Waals surface area (Å²) in [4.78, 5) is 25.3. The number of esters is 2. The van der Waals surface area contributed by atoms with Gasteiger partial charge in [0.1, 0.15) is 6.61 Å². The van der Waals surface area contributed by atoms with E-state index in [-0.39, 0.29) is 25.2 Å². The first kappa shape index (κ1) is 56.6. The van der Waals surface area contributed by atoms with Crippen LogP contribution in [0.2, 0.25) is 0 Å². The number of carbonyl (C=O) groups excluding carboxylic acids is 2. The second-order valence-electron chi connectivity index (χ2n) is 15.6. The lowest BCUT2D eigenvalue weighted by Crippen LogP contribution is -2.30. The van der Waals surface area contributed by atoms with Crippen LogP contribution in [-0.2, 0) is 23.8 Å². The Hall–Kier alpha value is -3.44. The van der Waals surface area contributed by atoms with Gasteiger partial charge in [0.2, 0.25) is 0 Å². The van der Waals surface area contributed by atoms with Crippen LogP contribution >= 0.6 is 0 Å². The molecule has 0 N–H and O–H groups in total. The van der Waals surface area contributed by atoms with E-state index in [1.165, 1.54) is 64.2 Å². The first-order chi connectivity index (χ1) is 29.6. The van der Waals surface area contributed by atoms with Gasteiger partial charge in [-0.1, -0.05) is 175 Å². The smallest absolute Gasteiger partial charge is 0.306 e. The van der Waals surface area contributed by atoms with Crippen molar-refractivity contribution < 1.29 is 23.8 Å². The van der Waals surface area contributed by atoms with E-state index in [1.54, 1.807) is 0 Å². The summed E-state index contributed by atoms with van der Waals surface area (Å²) in [6, 6.07) is 0. The molecule has 0 aromatic heterocycles. The van der Waals surface area contributed by atoms with Crippen molar-refractivity contribution in [1.82, 2.24) is 0 Å². The number of allylic oxidation sites excluding steroid dienone is 18. The molecule has 1 unspecified atom stereocenters. The van der Waals surface area contributed by atoms with Gasteiger partial charge < -0.3 is 14.2 Å². The van der Waals surface area contributed by atoms with Gasteiger partial charge >= 0.3 is 11.9 Å². The summed E-state index contributed by atoms with van der Waals surface area (Å²) < 4.78 is 17.3. The maximum absolute atomic E-state index is 12.8. The molecule has 0 aliphatic heterocycles. The zero-order valence-electron chi connectivity index (χ0n) is 38.9. The van der Waals surface area contributed by atoms with Crippen LogP contribution < -0.4 is 0 Å². The van der Waals surface area contributed by atoms with Crippen molar-refractivity contribution in [1.29, 1.82) is 0 Å². The van der Waals surface area contributed by atoms with E-state index in [1.807, 2.05) is 0 Å². The quantitative estimate of drug-likeness (QED) is 0.0348. The van der Waals surface area contributed by atoms with Gasteiger partial charge in [-0.2, -0.15) is 0 Å². The van der Waals surface area contributed by atoms with E-state index in [4.69, 9.17) is 14.2 Å². The highest BCUT2D eigenvalue weighted by atomic mass is 16.6. The summed E-state index contributed by atoms with van der Waals surface area (Å²) in [5.41, 5.74) is 0. The molecule has 340 valence electrons. The van der Waals surface area contributed by atoms with E-state index >= 15 is 0 Å². The second-order valence-corrected chi connectivity index (χ2v) is 15.6. The largest absolute Gasteiger partial charge is 0.462 e. The first-order valence-electron chi connectivity index (χ1n) is 24.4. The van der Waals surface area contributed by atoms with Gasteiger partial charge in [0.25, 0.3) is 0 Å². The lowest BCUT2D eigenvalue weighted by atomic mass is 10.1. The van der Waals surface area contributed by atoms with E-state index in [9.17, 15) is 9.59 Å². The summed E-state index contributed by atoms with van der Waals surface area (Å²) in [5.74, 6) is -0.504. The molecule has 0 radical (unpaired) electrons. The molecule has 0 aliphatic rings. The lowest BCUT2D eigenvalue weighted by molar-refractivity contribution is -0.163. The monoisotopic (exact) mass is 831 g/mol. The van der Waals surface area contributed by atoms with Gasteiger partial charge in [-0.15, -0.1) is 0 Å². The Labute approximate surface area is 370 Å². The molecular formula is C55H90O5. The van der Waals surface area contributed by atoms with Crippen LogP contribution in [0.25, 0.3) is 0 Å². The number of rotatable bonds is 43. The van der Waals surface area contributed by atoms with Gasteiger partial charge in [-0.05, 0) is 122 Å². The zero-order chi connectivity index (χ0) is 43.5. The number of ether oxygens (including phenoxy) is 3. The van der Waals surface area contributed by atoms with Crippen LogP contribution in [0.1, 0.15) is 201 Å². The van der Waals surface area contributed by atoms with Crippen molar-refractivity contribution >= 4 is 11.9 Å². The van der Waals surface area contributed by atoms with Gasteiger partial charge in [0, 0.05) is 19.4 Å². The minimum Gasteiger partial charge on any atom is -0.462 e. The highest BCUT2D eigenvalue weighted by molar-refractivity contribution is 5.70. The van der Waals surface area contributed by atoms with Gasteiger partial charge in [-0.3, -0.25) is 9.59 Å². The van der Waals surface area contributed by atoms with Crippen LogP contribution in [0.3, 0.4) is 0 Å². The molecule has 0 aromatic rings. The molecule has 0 heterocycles. The Balaban J connectivity index is 4.44. The molecule has 1 atom stereocenters. The van der Waals surface area contributed by atoms with Gasteiger partial charge in [0.15, 0.2) is 6.10 Å². The third kappa shape index (κ3) is 47.2. The fraction of sp³-hybridized carbons (Fsp3) is 0.636. The second kappa shape index (κ2) is 49.9. The Kier molecular flexibility index (Phi) is 47.1. The molecule has 0 spiro atoms. The fourth-order valence-corrected chi connectivity index (χ4v) is 6.19. The highest BCUT2D eigenvalue weighted by Gasteiger charge is 2.17. The average molecular weight is 831 g/mol. The molecule has 0 bridgehead atoms. The maximum atomic E-state index is 12.8. The Bertz CT molecular complexity index is 1210. The third-order valence-corrected chi connectivity index (χ3v) is 9.77. The minimum atomic E-state index is -0.583. The van der Waals surface area contributed by atoms with E-state index in [0.717, 1.165) is 103 Å². The molecule has 0 amide bonds. The van der Waals surface area contributed by atoms with Gasteiger partial charge in [0.05, 0.1) is 6.61 Å². The summed E-state index contributed by atoms with van der Waals surface area (Å²) in [7, 11) is 0. The Morgan fingerprint density at radius 3 is 1.22 bits per heavy atom. The van der Waals surface area contributed by atoms with E-state index < -0.39 is 6.10 Å². The molecule has 60 heavy (non-hydrogen) atoms. The van der Waals surface area contributed by atoms with E-state index in [0.29, 0.717) is 19.4 Å². The molecule has 5 nitrogen and oxygen atoms in total. The molecular weight excluding hydrogens is 741 g/mol. The topological polar surface area (TPSA) is 61.8 Å². The average Bonchev–Trinajstić information content (AvgIpc) is 3.25. The summed E-state index contributed by atoms with van der Waals surface area (Å²) in [6.07, 6.45) is 68.1. The van der Waals surface area contributed by atoms with Crippen molar-refractivity contribution in [3.63, 3.8) is 0 Å². The summed E-state index contributed by atoms with van der Waals surface area (Å²) >= 11 is 0. The highest BCUT2D eigenvalue weighted by Crippen LogP contribution is 2.11. The van der Waals surface area contributed by atoms with Gasteiger partial charge in [-0.25, -0.2) is 0 Å². The third-order valence-electron chi connectivity index (χ3n) is 9.77. The fourth-order valence-electron chi connectivity index (χ4n) is 6.19. The maximum Gasteiger partial charge on any atom is 0.306 e. The lowest BCUT2D eigenvalue weighted by Gasteiger charge is -2.18. The van der Waals surface area contributed by atoms with Crippen molar-refractivity contribution in [3.05, 3.63) is 109 Å². The summed E-state index contributed by atoms with van der Waals surface area (Å²) in [5, 5.41) is 0. The molecule has 0 saturated carbocycles. The zero-order valence-corrected chi connectivity index (χ0v) is 38.9. The van der Waals surface area contributed by atoms with Crippen LogP contribution in [0.15, 0.2) is 109 Å². The number of carbonyl (C=O) groups is 2. The van der Waals surface area contributed by atoms with Crippen LogP contribution in [0, 0.1) is 0 Å². The first-order valence-corrected chi connectivity index (χ1v) is 24.4. The summed E-state index contributed by atoms with van der Waals surface area (Å²) in [6.45, 7) is 7.47. The number of unbranched alkanes of at least 4 members (excludes halogenated alkanes) is 14. The molecule has 5 heteroatoms. The predicted molar refractivity (Wildman–Crippen MR) is 260 cm³/mol.